The third-order valence-electron chi connectivity index (χ3n) is 5.24. The highest BCUT2D eigenvalue weighted by atomic mass is 31.2. The second kappa shape index (κ2) is 20.8. The minimum absolute atomic E-state index is 0.0382. The predicted molar refractivity (Wildman–Crippen MR) is 119 cm³/mol. The lowest BCUT2D eigenvalue weighted by Gasteiger charge is -2.13. The molecule has 0 aromatic rings. The highest BCUT2D eigenvalue weighted by molar-refractivity contribution is 7.52. The molecule has 6 nitrogen and oxygen atoms in total. The number of rotatable bonds is 23. The van der Waals surface area contributed by atoms with Gasteiger partial charge in [0, 0.05) is 6.54 Å². The first kappa shape index (κ1) is 28.6. The van der Waals surface area contributed by atoms with E-state index in [4.69, 9.17) is 9.73 Å². The molecule has 0 spiro atoms. The first-order chi connectivity index (χ1) is 14.0. The van der Waals surface area contributed by atoms with Crippen LogP contribution in [0.4, 0.5) is 0 Å². The van der Waals surface area contributed by atoms with Crippen LogP contribution in [0.5, 0.6) is 0 Å². The van der Waals surface area contributed by atoms with Gasteiger partial charge in [0.2, 0.25) is 6.41 Å². The minimum atomic E-state index is -3.60. The Kier molecular flexibility index (Phi) is 20.5. The molecule has 1 atom stereocenters. The Hall–Kier alpha value is -0.420. The lowest BCUT2D eigenvalue weighted by molar-refractivity contribution is -0.149. The smallest absolute Gasteiger partial charge is 0.324 e. The van der Waals surface area contributed by atoms with Crippen molar-refractivity contribution < 1.29 is 24.0 Å². The van der Waals surface area contributed by atoms with Gasteiger partial charge in [0.05, 0.1) is 12.8 Å². The average molecular weight is 436 g/mol. The van der Waals surface area contributed by atoms with Gasteiger partial charge in [-0.15, -0.1) is 0 Å². The number of unbranched alkanes of at least 4 members (excludes halogenated alkanes) is 15. The van der Waals surface area contributed by atoms with Crippen LogP contribution in [0.2, 0.25) is 0 Å². The van der Waals surface area contributed by atoms with Crippen LogP contribution in [0.3, 0.4) is 0 Å². The Balaban J connectivity index is 3.27. The largest absolute Gasteiger partial charge is 0.328 e. The Morgan fingerprint density at radius 2 is 1.17 bits per heavy atom. The normalized spacial score (nSPS) is 13.3. The third kappa shape index (κ3) is 22.1. The zero-order valence-electron chi connectivity index (χ0n) is 18.7. The van der Waals surface area contributed by atoms with Crippen molar-refractivity contribution in [2.75, 3.05) is 19.3 Å². The van der Waals surface area contributed by atoms with E-state index < -0.39 is 7.60 Å². The maximum Gasteiger partial charge on any atom is 0.328 e. The van der Waals surface area contributed by atoms with Crippen LogP contribution in [-0.4, -0.2) is 40.9 Å². The van der Waals surface area contributed by atoms with Gasteiger partial charge in [-0.3, -0.25) is 14.6 Å². The average Bonchev–Trinajstić information content (AvgIpc) is 2.70. The van der Waals surface area contributed by atoms with Crippen molar-refractivity contribution in [3.8, 4) is 0 Å². The molecule has 0 radical (unpaired) electrons. The fraction of sp³-hybridized carbons (Fsp3) is 0.955. The molecule has 0 fully saturated rings. The summed E-state index contributed by atoms with van der Waals surface area (Å²) >= 11 is 0. The number of hydroxylamine groups is 2. The Morgan fingerprint density at radius 1 is 0.759 bits per heavy atom. The molecular weight excluding hydrogens is 389 g/mol. The second-order valence-corrected chi connectivity index (χ2v) is 10.1. The summed E-state index contributed by atoms with van der Waals surface area (Å²) in [6.45, 7) is 2.60. The van der Waals surface area contributed by atoms with Gasteiger partial charge in [-0.05, 0) is 12.8 Å². The first-order valence-corrected chi connectivity index (χ1v) is 13.7. The van der Waals surface area contributed by atoms with E-state index in [1.807, 2.05) is 0 Å². The van der Waals surface area contributed by atoms with E-state index in [1.54, 1.807) is 0 Å². The van der Waals surface area contributed by atoms with E-state index in [2.05, 4.69) is 6.92 Å². The van der Waals surface area contributed by atoms with Crippen LogP contribution in [0.1, 0.15) is 116 Å². The number of carbonyl (C=O) groups excluding carboxylic acids is 1. The van der Waals surface area contributed by atoms with E-state index in [1.165, 1.54) is 83.5 Å². The van der Waals surface area contributed by atoms with Crippen LogP contribution >= 0.6 is 7.60 Å². The van der Waals surface area contributed by atoms with E-state index in [0.29, 0.717) is 11.7 Å². The van der Waals surface area contributed by atoms with Crippen LogP contribution in [0.25, 0.3) is 0 Å². The molecule has 0 aliphatic rings. The summed E-state index contributed by atoms with van der Waals surface area (Å²) in [5.74, 6) is 0. The molecular formula is C22H46NO5P. The van der Waals surface area contributed by atoms with Gasteiger partial charge >= 0.3 is 7.60 Å². The molecule has 1 unspecified atom stereocenters. The van der Waals surface area contributed by atoms with Gasteiger partial charge in [-0.25, -0.2) is 5.06 Å². The van der Waals surface area contributed by atoms with Crippen LogP contribution < -0.4 is 0 Å². The van der Waals surface area contributed by atoms with Crippen molar-refractivity contribution >= 4 is 14.0 Å². The molecule has 0 aliphatic carbocycles. The highest BCUT2D eigenvalue weighted by Gasteiger charge is 2.18. The summed E-state index contributed by atoms with van der Waals surface area (Å²) in [5, 5.41) is 9.41. The molecule has 1 amide bonds. The number of hydrogen-bond donors (Lipinski definition) is 2. The van der Waals surface area contributed by atoms with E-state index in [-0.39, 0.29) is 25.5 Å². The van der Waals surface area contributed by atoms with Crippen molar-refractivity contribution in [1.82, 2.24) is 5.06 Å². The van der Waals surface area contributed by atoms with Crippen molar-refractivity contribution in [3.63, 3.8) is 0 Å². The summed E-state index contributed by atoms with van der Waals surface area (Å²) in [4.78, 5) is 19.9. The topological polar surface area (TPSA) is 87.1 Å². The lowest BCUT2D eigenvalue weighted by atomic mass is 10.0. The molecule has 174 valence electrons. The lowest BCUT2D eigenvalue weighted by Crippen LogP contribution is -2.19. The molecule has 0 aromatic carbocycles. The van der Waals surface area contributed by atoms with E-state index in [9.17, 15) is 14.3 Å². The van der Waals surface area contributed by atoms with Crippen LogP contribution in [-0.2, 0) is 13.9 Å². The summed E-state index contributed by atoms with van der Waals surface area (Å²) in [5.41, 5.74) is 0. The van der Waals surface area contributed by atoms with Gasteiger partial charge in [-0.1, -0.05) is 103 Å². The number of hydrogen-bond acceptors (Lipinski definition) is 4. The molecule has 29 heavy (non-hydrogen) atoms. The number of nitrogens with zero attached hydrogens (tertiary/aromatic N) is 1. The molecule has 0 rings (SSSR count). The van der Waals surface area contributed by atoms with Gasteiger partial charge in [0.15, 0.2) is 0 Å². The van der Waals surface area contributed by atoms with E-state index >= 15 is 0 Å². The SMILES string of the molecule is CCCCCCCCCCCCCCCCCCOP(=O)(O)CCCN(O)C=O. The zero-order valence-corrected chi connectivity index (χ0v) is 19.6. The van der Waals surface area contributed by atoms with Crippen molar-refractivity contribution in [2.45, 2.75) is 116 Å². The standard InChI is InChI=1S/C22H46NO5P/c1-2-3-4-5-6-7-8-9-10-11-12-13-14-15-16-17-20-28-29(26,27)21-18-19-23(25)22-24/h22,25H,2-21H2,1H3,(H,26,27). The second-order valence-electron chi connectivity index (χ2n) is 8.12. The van der Waals surface area contributed by atoms with Gasteiger partial charge in [0.25, 0.3) is 0 Å². The Morgan fingerprint density at radius 3 is 1.59 bits per heavy atom. The maximum absolute atomic E-state index is 11.8. The fourth-order valence-corrected chi connectivity index (χ4v) is 4.49. The molecule has 0 saturated heterocycles. The fourth-order valence-electron chi connectivity index (χ4n) is 3.41. The summed E-state index contributed by atoms with van der Waals surface area (Å²) in [7, 11) is -3.60. The molecule has 0 heterocycles. The van der Waals surface area contributed by atoms with Crippen molar-refractivity contribution in [1.29, 1.82) is 0 Å². The zero-order chi connectivity index (χ0) is 21.6. The van der Waals surface area contributed by atoms with Gasteiger partial charge < -0.3 is 9.42 Å². The Bertz CT molecular complexity index is 409. The number of carbonyl (C=O) groups is 1. The van der Waals surface area contributed by atoms with E-state index in [0.717, 1.165) is 19.3 Å². The molecule has 0 aliphatic heterocycles. The highest BCUT2D eigenvalue weighted by Crippen LogP contribution is 2.42. The minimum Gasteiger partial charge on any atom is -0.324 e. The maximum atomic E-state index is 11.8. The number of amides is 1. The summed E-state index contributed by atoms with van der Waals surface area (Å²) in [6, 6.07) is 0. The molecule has 7 heteroatoms. The third-order valence-corrected chi connectivity index (χ3v) is 6.71. The predicted octanol–water partition coefficient (Wildman–Crippen LogP) is 6.69. The first-order valence-electron chi connectivity index (χ1n) is 11.9. The molecule has 2 N–H and O–H groups in total. The monoisotopic (exact) mass is 435 g/mol. The molecule has 0 saturated carbocycles. The van der Waals surface area contributed by atoms with Crippen molar-refractivity contribution in [3.05, 3.63) is 0 Å². The van der Waals surface area contributed by atoms with Crippen molar-refractivity contribution in [2.24, 2.45) is 0 Å². The van der Waals surface area contributed by atoms with Crippen LogP contribution in [0, 0.1) is 0 Å². The quantitative estimate of drug-likeness (QED) is 0.0614. The Labute approximate surface area is 178 Å². The summed E-state index contributed by atoms with van der Waals surface area (Å²) < 4.78 is 16.9. The van der Waals surface area contributed by atoms with Gasteiger partial charge in [0.1, 0.15) is 0 Å². The molecule has 0 aromatic heterocycles. The summed E-state index contributed by atoms with van der Waals surface area (Å²) in [6.07, 6.45) is 21.1. The molecule has 0 bridgehead atoms. The van der Waals surface area contributed by atoms with Crippen LogP contribution in [0.15, 0.2) is 0 Å². The van der Waals surface area contributed by atoms with Gasteiger partial charge in [-0.2, -0.15) is 0 Å².